The molecule has 0 spiro atoms. The minimum absolute atomic E-state index is 0.256. The van der Waals surface area contributed by atoms with E-state index in [1.807, 2.05) is 11.6 Å². The van der Waals surface area contributed by atoms with Crippen LogP contribution in [0.25, 0.3) is 0 Å². The van der Waals surface area contributed by atoms with Crippen molar-refractivity contribution in [1.82, 2.24) is 9.78 Å². The van der Waals surface area contributed by atoms with E-state index in [0.717, 1.165) is 29.8 Å². The molecule has 2 rings (SSSR count). The smallest absolute Gasteiger partial charge is 0.170 e. The van der Waals surface area contributed by atoms with Crippen molar-refractivity contribution in [2.24, 2.45) is 0 Å². The number of halogens is 2. The largest absolute Gasteiger partial charge is 0.494 e. The lowest BCUT2D eigenvalue weighted by Gasteiger charge is -2.10. The van der Waals surface area contributed by atoms with Crippen LogP contribution in [0.15, 0.2) is 18.2 Å². The summed E-state index contributed by atoms with van der Waals surface area (Å²) in [6, 6.07) is 5.16. The van der Waals surface area contributed by atoms with Crippen LogP contribution >= 0.6 is 11.6 Å². The molecule has 0 aliphatic carbocycles. The molecule has 0 amide bonds. The number of alkyl halides is 1. The Kier molecular flexibility index (Phi) is 5.23. The monoisotopic (exact) mass is 310 g/mol. The van der Waals surface area contributed by atoms with Crippen LogP contribution in [0.1, 0.15) is 36.4 Å². The first-order valence-electron chi connectivity index (χ1n) is 7.10. The third-order valence-corrected chi connectivity index (χ3v) is 3.90. The fourth-order valence-corrected chi connectivity index (χ4v) is 2.86. The summed E-state index contributed by atoms with van der Waals surface area (Å²) in [6.45, 7) is 4.50. The summed E-state index contributed by atoms with van der Waals surface area (Å²) in [4.78, 5) is 0. The number of ether oxygens (including phenoxy) is 1. The molecule has 0 fully saturated rings. The van der Waals surface area contributed by atoms with Crippen molar-refractivity contribution >= 4 is 11.6 Å². The van der Waals surface area contributed by atoms with Gasteiger partial charge >= 0.3 is 0 Å². The van der Waals surface area contributed by atoms with Gasteiger partial charge in [0.1, 0.15) is 0 Å². The Bertz CT molecular complexity index is 625. The first-order valence-corrected chi connectivity index (χ1v) is 7.64. The molecule has 21 heavy (non-hydrogen) atoms. The quantitative estimate of drug-likeness (QED) is 0.756. The number of benzene rings is 1. The van der Waals surface area contributed by atoms with Crippen LogP contribution in [0.5, 0.6) is 5.75 Å². The van der Waals surface area contributed by atoms with Gasteiger partial charge in [-0.25, -0.2) is 4.39 Å². The predicted octanol–water partition coefficient (Wildman–Crippen LogP) is 3.94. The number of rotatable bonds is 6. The first-order chi connectivity index (χ1) is 10.2. The van der Waals surface area contributed by atoms with Crippen molar-refractivity contribution in [3.05, 3.63) is 46.5 Å². The summed E-state index contributed by atoms with van der Waals surface area (Å²) in [5.74, 6) is 0.362. The molecule has 1 aromatic carbocycles. The summed E-state index contributed by atoms with van der Waals surface area (Å²) in [5.41, 5.74) is 3.70. The SMILES string of the molecule is CCc1nn(Cc2cccc(OC)c2F)c(CC)c1CCl. The van der Waals surface area contributed by atoms with Crippen molar-refractivity contribution in [1.29, 1.82) is 0 Å². The third-order valence-electron chi connectivity index (χ3n) is 3.64. The van der Waals surface area contributed by atoms with Crippen LogP contribution in [-0.4, -0.2) is 16.9 Å². The minimum atomic E-state index is -0.331. The number of aromatic nitrogens is 2. The number of hydrogen-bond donors (Lipinski definition) is 0. The Labute approximate surface area is 129 Å². The molecule has 114 valence electrons. The van der Waals surface area contributed by atoms with Gasteiger partial charge in [0, 0.05) is 16.8 Å². The molecule has 0 radical (unpaired) electrons. The lowest BCUT2D eigenvalue weighted by atomic mass is 10.1. The van der Waals surface area contributed by atoms with Gasteiger partial charge < -0.3 is 4.74 Å². The normalized spacial score (nSPS) is 10.9. The summed E-state index contributed by atoms with van der Waals surface area (Å²) in [5, 5.41) is 4.59. The lowest BCUT2D eigenvalue weighted by molar-refractivity contribution is 0.383. The topological polar surface area (TPSA) is 27.1 Å². The molecule has 0 saturated carbocycles. The maximum Gasteiger partial charge on any atom is 0.170 e. The van der Waals surface area contributed by atoms with Gasteiger partial charge in [-0.05, 0) is 18.9 Å². The Hall–Kier alpha value is -1.55. The Morgan fingerprint density at radius 1 is 1.29 bits per heavy atom. The van der Waals surface area contributed by atoms with Crippen molar-refractivity contribution < 1.29 is 9.13 Å². The zero-order chi connectivity index (χ0) is 15.4. The van der Waals surface area contributed by atoms with E-state index in [0.29, 0.717) is 18.0 Å². The molecule has 0 N–H and O–H groups in total. The third kappa shape index (κ3) is 3.05. The second kappa shape index (κ2) is 6.94. The zero-order valence-corrected chi connectivity index (χ0v) is 13.4. The molecule has 0 atom stereocenters. The standard InChI is InChI=1S/C16H20ClFN2O/c1-4-13-12(9-17)14(5-2)20(19-13)10-11-7-6-8-15(21-3)16(11)18/h6-8H,4-5,9-10H2,1-3H3. The van der Waals surface area contributed by atoms with Crippen LogP contribution in [0, 0.1) is 5.82 Å². The van der Waals surface area contributed by atoms with E-state index in [-0.39, 0.29) is 11.6 Å². The highest BCUT2D eigenvalue weighted by Gasteiger charge is 2.16. The molecule has 5 heteroatoms. The van der Waals surface area contributed by atoms with Crippen molar-refractivity contribution in [2.45, 2.75) is 39.1 Å². The molecule has 0 aliphatic rings. The Morgan fingerprint density at radius 2 is 2.05 bits per heavy atom. The van der Waals surface area contributed by atoms with E-state index in [1.54, 1.807) is 18.2 Å². The van der Waals surface area contributed by atoms with Crippen molar-refractivity contribution in [3.8, 4) is 5.75 Å². The lowest BCUT2D eigenvalue weighted by Crippen LogP contribution is -2.08. The molecule has 0 bridgehead atoms. The molecule has 3 nitrogen and oxygen atoms in total. The van der Waals surface area contributed by atoms with E-state index >= 15 is 0 Å². The number of hydrogen-bond acceptors (Lipinski definition) is 2. The van der Waals surface area contributed by atoms with E-state index < -0.39 is 0 Å². The number of methoxy groups -OCH3 is 1. The molecule has 1 heterocycles. The summed E-state index contributed by atoms with van der Waals surface area (Å²) in [7, 11) is 1.47. The highest BCUT2D eigenvalue weighted by Crippen LogP contribution is 2.23. The summed E-state index contributed by atoms with van der Waals surface area (Å²) in [6.07, 6.45) is 1.64. The Balaban J connectivity index is 2.42. The highest BCUT2D eigenvalue weighted by molar-refractivity contribution is 6.17. The second-order valence-corrected chi connectivity index (χ2v) is 5.07. The molecule has 0 saturated heterocycles. The van der Waals surface area contributed by atoms with Gasteiger partial charge in [0.05, 0.1) is 25.2 Å². The van der Waals surface area contributed by atoms with Gasteiger partial charge in [0.25, 0.3) is 0 Å². The summed E-state index contributed by atoms with van der Waals surface area (Å²) < 4.78 is 21.2. The van der Waals surface area contributed by atoms with Gasteiger partial charge in [-0.2, -0.15) is 5.10 Å². The molecular weight excluding hydrogens is 291 g/mol. The average Bonchev–Trinajstić information content (AvgIpc) is 2.85. The van der Waals surface area contributed by atoms with Crippen molar-refractivity contribution in [3.63, 3.8) is 0 Å². The zero-order valence-electron chi connectivity index (χ0n) is 12.6. The van der Waals surface area contributed by atoms with Gasteiger partial charge in [0.15, 0.2) is 11.6 Å². The second-order valence-electron chi connectivity index (χ2n) is 4.80. The van der Waals surface area contributed by atoms with Crippen LogP contribution in [0.3, 0.4) is 0 Å². The van der Waals surface area contributed by atoms with Crippen LogP contribution in [0.2, 0.25) is 0 Å². The van der Waals surface area contributed by atoms with Crippen molar-refractivity contribution in [2.75, 3.05) is 7.11 Å². The highest BCUT2D eigenvalue weighted by atomic mass is 35.5. The predicted molar refractivity (Wildman–Crippen MR) is 82.6 cm³/mol. The Morgan fingerprint density at radius 3 is 2.62 bits per heavy atom. The molecule has 2 aromatic rings. The van der Waals surface area contributed by atoms with E-state index in [1.165, 1.54) is 7.11 Å². The number of nitrogens with zero attached hydrogens (tertiary/aromatic N) is 2. The fourth-order valence-electron chi connectivity index (χ4n) is 2.55. The van der Waals surface area contributed by atoms with Gasteiger partial charge in [-0.3, -0.25) is 4.68 Å². The van der Waals surface area contributed by atoms with Crippen LogP contribution in [-0.2, 0) is 25.3 Å². The fraction of sp³-hybridized carbons (Fsp3) is 0.438. The molecule has 0 unspecified atom stereocenters. The van der Waals surface area contributed by atoms with E-state index in [4.69, 9.17) is 16.3 Å². The van der Waals surface area contributed by atoms with Gasteiger partial charge in [-0.1, -0.05) is 26.0 Å². The van der Waals surface area contributed by atoms with Gasteiger partial charge in [-0.15, -0.1) is 11.6 Å². The summed E-state index contributed by atoms with van der Waals surface area (Å²) >= 11 is 6.04. The maximum atomic E-state index is 14.3. The van der Waals surface area contributed by atoms with Gasteiger partial charge in [0.2, 0.25) is 0 Å². The molecule has 1 aromatic heterocycles. The van der Waals surface area contributed by atoms with E-state index in [2.05, 4.69) is 12.0 Å². The molecule has 0 aliphatic heterocycles. The number of aryl methyl sites for hydroxylation is 1. The molecular formula is C16H20ClFN2O. The van der Waals surface area contributed by atoms with E-state index in [9.17, 15) is 4.39 Å². The average molecular weight is 311 g/mol. The maximum absolute atomic E-state index is 14.3. The van der Waals surface area contributed by atoms with Crippen LogP contribution in [0.4, 0.5) is 4.39 Å². The first kappa shape index (κ1) is 15.8. The van der Waals surface area contributed by atoms with Crippen LogP contribution < -0.4 is 4.74 Å². The minimum Gasteiger partial charge on any atom is -0.494 e.